The number of non-ortho nitro benzene ring substituents is 1. The van der Waals surface area contributed by atoms with Gasteiger partial charge >= 0.3 is 30.1 Å². The number of nitro groups is 1. The summed E-state index contributed by atoms with van der Waals surface area (Å²) in [6.07, 6.45) is 6.49. The number of carbonyl (C=O) groups excluding carboxylic acids is 16. The topological polar surface area (TPSA) is 501 Å². The molecule has 0 aromatic heterocycles. The first-order valence-electron chi connectivity index (χ1n) is 45.0. The monoisotopic (exact) mass is 1820 g/mol. The standard InChI is InChI=1S/C98H105N17O19/c1-2-113(71-43-39-69(40-44-71)111-112-70-41-45-72(46-42-70)115(132)133)49-50-134-84(117)48-47-83(116)114-57-73(85(118)63-51-65(91(124)99-75-31-15-19-35-79(75)103-95(128)107-87(120)59-23-7-3-8-24-59)55-66(52-63)92(125)100-76-32-16-20-36-80(76)104-96(129)108-88(121)60-25-9-4-10-26-60)74(58-114)86(119)64-53-67(93(126)101-77-33-17-21-37-81(77)105-97(130)109-89(122)61-27-11-5-12-28-61)56-68(54-64)94(127)102-78-34-18-22-38-82(78)106-98(131)110-90(123)62-29-13-6-14-30-62/h3-14,23-30,39-46,51-56,73-82H,2,15-22,31-38,47-50,57-58H2,1H3,(H,99,124)(H,100,125)(H,101,126)(H,102,127)(H2,103,107,120,128)(H2,104,108,121,129)(H2,105,109,122,130)(H2,106,110,123,131)/t73-,74-,75-,76-,77-,78-,79-,80-,81-,82-/m1/s1. The third kappa shape index (κ3) is 26.4. The lowest BCUT2D eigenvalue weighted by molar-refractivity contribution is -0.384. The molecule has 36 nitrogen and oxygen atoms in total. The number of amides is 17. The highest BCUT2D eigenvalue weighted by atomic mass is 16.6. The second-order valence-corrected chi connectivity index (χ2v) is 33.7. The van der Waals surface area contributed by atoms with E-state index in [2.05, 4.69) is 74.0 Å². The van der Waals surface area contributed by atoms with Gasteiger partial charge in [-0.2, -0.15) is 10.2 Å². The first-order chi connectivity index (χ1) is 64.8. The van der Waals surface area contributed by atoms with E-state index in [0.29, 0.717) is 121 Å². The SMILES string of the molecule is CCN(CCOC(=O)CCC(=O)N1C[C@@H](C(=O)c2cc(C(=O)N[C@@H]3CCCC[C@H]3NC(=O)NC(=O)c3ccccc3)cc(C(=O)N[C@@H]3CCCC[C@H]3NC(=O)NC(=O)c3ccccc3)c2)[C@H](C(=O)c2cc(C(=O)N[C@@H]3CCCC[C@H]3NC(=O)NC(=O)c3ccccc3)cc(C(=O)N[C@@H]3CCCC[C@H]3NC(=O)NC(=O)c3ccccc3)c2)C1)c1ccc(N=Nc2ccc([N+](=O)[O-])cc2)cc1. The van der Waals surface area contributed by atoms with E-state index in [4.69, 9.17) is 4.74 Å². The molecule has 134 heavy (non-hydrogen) atoms. The molecule has 0 bridgehead atoms. The summed E-state index contributed by atoms with van der Waals surface area (Å²) in [7, 11) is 0. The number of likely N-dealkylation sites (N-methyl/N-ethyl adjacent to an activating group) is 1. The number of ketones is 2. The fourth-order valence-electron chi connectivity index (χ4n) is 17.5. The van der Waals surface area contributed by atoms with Crippen LogP contribution in [-0.4, -0.2) is 186 Å². The Labute approximate surface area is 771 Å². The number of hydrogen-bond acceptors (Lipinski definition) is 22. The van der Waals surface area contributed by atoms with Crippen LogP contribution < -0.4 is 68.7 Å². The number of ether oxygens (including phenoxy) is 1. The van der Waals surface area contributed by atoms with E-state index in [1.54, 1.807) is 97.1 Å². The molecule has 8 aromatic carbocycles. The van der Waals surface area contributed by atoms with Crippen molar-refractivity contribution in [3.05, 3.63) is 272 Å². The zero-order valence-electron chi connectivity index (χ0n) is 73.7. The molecule has 13 rings (SSSR count). The maximum Gasteiger partial charge on any atom is 0.321 e. The summed E-state index contributed by atoms with van der Waals surface area (Å²) in [6.45, 7) is 1.36. The van der Waals surface area contributed by atoms with Crippen LogP contribution in [0, 0.1) is 22.0 Å². The highest BCUT2D eigenvalue weighted by molar-refractivity contribution is 6.12. The van der Waals surface area contributed by atoms with Crippen molar-refractivity contribution in [1.82, 2.24) is 68.7 Å². The molecule has 12 N–H and O–H groups in total. The summed E-state index contributed by atoms with van der Waals surface area (Å²) < 4.78 is 5.70. The van der Waals surface area contributed by atoms with Gasteiger partial charge in [0, 0.05) is 124 Å². The fourth-order valence-corrected chi connectivity index (χ4v) is 17.5. The Bertz CT molecular complexity index is 5210. The van der Waals surface area contributed by atoms with Crippen molar-refractivity contribution in [3.63, 3.8) is 0 Å². The number of nitrogens with one attached hydrogen (secondary N) is 12. The smallest absolute Gasteiger partial charge is 0.321 e. The minimum atomic E-state index is -1.59. The molecule has 0 radical (unpaired) electrons. The van der Waals surface area contributed by atoms with Crippen LogP contribution in [0.3, 0.4) is 0 Å². The zero-order valence-corrected chi connectivity index (χ0v) is 73.7. The summed E-state index contributed by atoms with van der Waals surface area (Å²) in [6, 6.07) is 42.4. The number of urea groups is 4. The van der Waals surface area contributed by atoms with Gasteiger partial charge in [-0.25, -0.2) is 19.2 Å². The number of esters is 1. The third-order valence-corrected chi connectivity index (χ3v) is 24.6. The second-order valence-electron chi connectivity index (χ2n) is 33.7. The van der Waals surface area contributed by atoms with Crippen LogP contribution in [0.1, 0.15) is 226 Å². The number of imide groups is 4. The molecule has 5 aliphatic rings. The maximum absolute atomic E-state index is 16.3. The van der Waals surface area contributed by atoms with Gasteiger partial charge in [0.2, 0.25) is 5.91 Å². The van der Waals surface area contributed by atoms with E-state index in [-0.39, 0.29) is 74.5 Å². The highest BCUT2D eigenvalue weighted by Crippen LogP contribution is 2.35. The van der Waals surface area contributed by atoms with Crippen molar-refractivity contribution in [2.75, 3.05) is 37.7 Å². The van der Waals surface area contributed by atoms with Gasteiger partial charge in [0.1, 0.15) is 6.61 Å². The summed E-state index contributed by atoms with van der Waals surface area (Å²) in [5.41, 5.74) is 0.663. The number of Topliss-reactive ketones (excluding diaryl/α,β-unsaturated/α-hetero) is 2. The number of nitrogens with zero attached hydrogens (tertiary/aromatic N) is 5. The summed E-state index contributed by atoms with van der Waals surface area (Å²) in [5, 5.41) is 52.1. The van der Waals surface area contributed by atoms with Crippen molar-refractivity contribution >= 4 is 118 Å². The Morgan fingerprint density at radius 2 is 0.627 bits per heavy atom. The largest absolute Gasteiger partial charge is 0.464 e. The van der Waals surface area contributed by atoms with Gasteiger partial charge in [-0.3, -0.25) is 88.9 Å². The van der Waals surface area contributed by atoms with Crippen molar-refractivity contribution in [2.45, 2.75) is 171 Å². The number of anilines is 1. The van der Waals surface area contributed by atoms with Crippen LogP contribution in [0.15, 0.2) is 216 Å². The molecule has 36 heteroatoms. The van der Waals surface area contributed by atoms with Crippen LogP contribution in [0.25, 0.3) is 0 Å². The zero-order chi connectivity index (χ0) is 94.7. The van der Waals surface area contributed by atoms with E-state index < -0.39 is 186 Å². The lowest BCUT2D eigenvalue weighted by Gasteiger charge is -2.33. The number of benzene rings is 8. The molecule has 4 aliphatic carbocycles. The first kappa shape index (κ1) is 96.0. The quantitative estimate of drug-likeness (QED) is 0.00631. The van der Waals surface area contributed by atoms with Gasteiger partial charge in [0.05, 0.1) is 65.3 Å². The minimum absolute atomic E-state index is 0.0978. The predicted octanol–water partition coefficient (Wildman–Crippen LogP) is 11.7. The molecular formula is C98H105N17O19. The fraction of sp³-hybridized carbons (Fsp3) is 0.347. The molecule has 696 valence electrons. The van der Waals surface area contributed by atoms with E-state index >= 15 is 28.8 Å². The lowest BCUT2D eigenvalue weighted by Crippen LogP contribution is -2.56. The van der Waals surface area contributed by atoms with Crippen LogP contribution in [0.2, 0.25) is 0 Å². The maximum atomic E-state index is 16.3. The molecule has 4 saturated carbocycles. The normalized spacial score (nSPS) is 19.6. The lowest BCUT2D eigenvalue weighted by atomic mass is 9.82. The van der Waals surface area contributed by atoms with E-state index in [9.17, 15) is 58.1 Å². The number of hydrogen-bond donors (Lipinski definition) is 12. The Morgan fingerprint density at radius 3 is 0.910 bits per heavy atom. The average Bonchev–Trinajstić information content (AvgIpc) is 1.64. The average molecular weight is 1830 g/mol. The Morgan fingerprint density at radius 1 is 0.351 bits per heavy atom. The Hall–Kier alpha value is -15.5. The number of rotatable bonds is 31. The van der Waals surface area contributed by atoms with Crippen molar-refractivity contribution < 1.29 is 86.4 Å². The number of azo groups is 1. The molecule has 5 fully saturated rings. The van der Waals surface area contributed by atoms with E-state index in [0.717, 1.165) is 5.69 Å². The second kappa shape index (κ2) is 46.3. The van der Waals surface area contributed by atoms with Crippen molar-refractivity contribution in [1.29, 1.82) is 0 Å². The number of nitro benzene ring substituents is 1. The number of likely N-dealkylation sites (tertiary alicyclic amines) is 1. The van der Waals surface area contributed by atoms with Gasteiger partial charge in [-0.05, 0) is 180 Å². The van der Waals surface area contributed by atoms with Crippen LogP contribution in [0.5, 0.6) is 0 Å². The molecule has 1 heterocycles. The molecule has 17 amide bonds. The van der Waals surface area contributed by atoms with E-state index in [1.807, 2.05) is 11.8 Å². The van der Waals surface area contributed by atoms with Crippen LogP contribution >= 0.6 is 0 Å². The molecule has 0 unspecified atom stereocenters. The molecular weight excluding hydrogens is 1720 g/mol. The van der Waals surface area contributed by atoms with Crippen LogP contribution in [-0.2, 0) is 14.3 Å². The van der Waals surface area contributed by atoms with Gasteiger partial charge in [0.15, 0.2) is 11.6 Å². The molecule has 1 aliphatic heterocycles. The Balaban J connectivity index is 0.813. The molecule has 0 spiro atoms. The third-order valence-electron chi connectivity index (χ3n) is 24.6. The number of carbonyl (C=O) groups is 16. The molecule has 8 aromatic rings. The molecule has 1 saturated heterocycles. The van der Waals surface area contributed by atoms with Crippen molar-refractivity contribution in [2.24, 2.45) is 22.1 Å². The van der Waals surface area contributed by atoms with Gasteiger partial charge in [-0.1, -0.05) is 124 Å². The summed E-state index contributed by atoms with van der Waals surface area (Å²) in [4.78, 5) is 243. The van der Waals surface area contributed by atoms with Gasteiger partial charge in [0.25, 0.3) is 52.9 Å². The predicted molar refractivity (Wildman–Crippen MR) is 491 cm³/mol. The minimum Gasteiger partial charge on any atom is -0.464 e. The van der Waals surface area contributed by atoms with Gasteiger partial charge in [-0.15, -0.1) is 0 Å². The first-order valence-corrected chi connectivity index (χ1v) is 45.0. The van der Waals surface area contributed by atoms with Gasteiger partial charge < -0.3 is 57.1 Å². The summed E-state index contributed by atoms with van der Waals surface area (Å²) >= 11 is 0. The van der Waals surface area contributed by atoms with Crippen LogP contribution in [0.4, 0.5) is 41.9 Å². The Kier molecular flexibility index (Phi) is 33.2. The van der Waals surface area contributed by atoms with E-state index in [1.165, 1.54) is 114 Å². The highest BCUT2D eigenvalue weighted by Gasteiger charge is 2.45. The summed E-state index contributed by atoms with van der Waals surface area (Å²) in [5.74, 6) is -12.5. The van der Waals surface area contributed by atoms with Crippen molar-refractivity contribution in [3.8, 4) is 0 Å². The molecule has 10 atom stereocenters.